The van der Waals surface area contributed by atoms with Gasteiger partial charge in [-0.2, -0.15) is 0 Å². The molecule has 2 N–H and O–H groups in total. The van der Waals surface area contributed by atoms with E-state index in [1.165, 1.54) is 16.4 Å². The first-order chi connectivity index (χ1) is 7.68. The molecule has 2 heterocycles. The van der Waals surface area contributed by atoms with Gasteiger partial charge in [0.2, 0.25) is 5.16 Å². The molecule has 0 radical (unpaired) electrons. The van der Waals surface area contributed by atoms with Crippen molar-refractivity contribution in [1.82, 2.24) is 14.9 Å². The highest BCUT2D eigenvalue weighted by molar-refractivity contribution is 7.99. The summed E-state index contributed by atoms with van der Waals surface area (Å²) in [6, 6.07) is 3.90. The van der Waals surface area contributed by atoms with Crippen LogP contribution >= 0.6 is 34.7 Å². The lowest BCUT2D eigenvalue weighted by atomic mass is 10.4. The molecule has 2 aromatic heterocycles. The maximum atomic E-state index is 5.89. The van der Waals surface area contributed by atoms with Crippen molar-refractivity contribution in [1.29, 1.82) is 0 Å². The number of thioether (sulfide) groups is 1. The fourth-order valence-electron chi connectivity index (χ4n) is 1.09. The number of nitrogens with zero attached hydrogens (tertiary/aromatic N) is 3. The molecule has 16 heavy (non-hydrogen) atoms. The molecule has 0 amide bonds. The predicted molar refractivity (Wildman–Crippen MR) is 69.2 cm³/mol. The van der Waals surface area contributed by atoms with Crippen molar-refractivity contribution in [2.75, 3.05) is 11.6 Å². The van der Waals surface area contributed by atoms with Gasteiger partial charge in [-0.3, -0.25) is 0 Å². The molecule has 0 saturated carbocycles. The smallest absolute Gasteiger partial charge is 0.210 e. The number of nitrogens with two attached hydrogens (primary N) is 1. The third-order valence-electron chi connectivity index (χ3n) is 1.76. The van der Waals surface area contributed by atoms with E-state index in [1.807, 2.05) is 17.5 Å². The van der Waals surface area contributed by atoms with Gasteiger partial charge in [-0.25, -0.2) is 4.68 Å². The number of hydrogen-bond donors (Lipinski definition) is 1. The average Bonchev–Trinajstić information content (AvgIpc) is 2.84. The summed E-state index contributed by atoms with van der Waals surface area (Å²) < 4.78 is 1.47. The lowest BCUT2D eigenvalue weighted by Crippen LogP contribution is -2.11. The molecule has 2 rings (SSSR count). The first kappa shape index (κ1) is 11.5. The Kier molecular flexibility index (Phi) is 3.52. The molecular weight excluding hydrogens is 264 g/mol. The second kappa shape index (κ2) is 4.90. The number of nitrogen functional groups attached to an aromatic ring is 1. The monoisotopic (exact) mass is 272 g/mol. The number of hydrogen-bond acceptors (Lipinski definition) is 5. The fourth-order valence-corrected chi connectivity index (χ4v) is 2.57. The highest BCUT2D eigenvalue weighted by Gasteiger charge is 2.12. The minimum atomic E-state index is 0.561. The molecule has 0 saturated heterocycles. The topological polar surface area (TPSA) is 56.7 Å². The van der Waals surface area contributed by atoms with Crippen molar-refractivity contribution in [2.45, 2.75) is 5.16 Å². The van der Waals surface area contributed by atoms with Crippen molar-refractivity contribution >= 4 is 34.7 Å². The Morgan fingerprint density at radius 3 is 3.06 bits per heavy atom. The van der Waals surface area contributed by atoms with E-state index in [0.29, 0.717) is 21.8 Å². The summed E-state index contributed by atoms with van der Waals surface area (Å²) in [6.45, 7) is 3.60. The first-order valence-electron chi connectivity index (χ1n) is 4.39. The lowest BCUT2D eigenvalue weighted by molar-refractivity contribution is 0.851. The number of rotatable bonds is 4. The van der Waals surface area contributed by atoms with Gasteiger partial charge in [0, 0.05) is 10.8 Å². The molecule has 0 spiro atoms. The standard InChI is InChI=1S/C9H9ClN4S2/c1-6(10)5-16-9-13-12-8(14(9)11)7-3-2-4-15-7/h2-4H,1,5,11H2. The van der Waals surface area contributed by atoms with Crippen molar-refractivity contribution in [3.05, 3.63) is 29.1 Å². The van der Waals surface area contributed by atoms with Gasteiger partial charge in [0.05, 0.1) is 4.88 Å². The Morgan fingerprint density at radius 2 is 2.44 bits per heavy atom. The predicted octanol–water partition coefficient (Wildman–Crippen LogP) is 2.56. The Balaban J connectivity index is 2.21. The zero-order valence-corrected chi connectivity index (χ0v) is 10.6. The summed E-state index contributed by atoms with van der Waals surface area (Å²) in [7, 11) is 0. The normalized spacial score (nSPS) is 10.6. The van der Waals surface area contributed by atoms with Gasteiger partial charge in [0.25, 0.3) is 0 Å². The molecule has 4 nitrogen and oxygen atoms in total. The Labute approximate surface area is 106 Å². The second-order valence-electron chi connectivity index (χ2n) is 2.96. The van der Waals surface area contributed by atoms with Crippen LogP contribution in [0.3, 0.4) is 0 Å². The first-order valence-corrected chi connectivity index (χ1v) is 6.63. The second-order valence-corrected chi connectivity index (χ2v) is 5.38. The van der Waals surface area contributed by atoms with E-state index in [1.54, 1.807) is 11.3 Å². The molecule has 2 aromatic rings. The fraction of sp³-hybridized carbons (Fsp3) is 0.111. The molecule has 0 unspecified atom stereocenters. The summed E-state index contributed by atoms with van der Waals surface area (Å²) in [6.07, 6.45) is 0. The van der Waals surface area contributed by atoms with Gasteiger partial charge in [0.15, 0.2) is 5.82 Å². The van der Waals surface area contributed by atoms with E-state index < -0.39 is 0 Å². The van der Waals surface area contributed by atoms with Crippen LogP contribution in [0.1, 0.15) is 0 Å². The van der Waals surface area contributed by atoms with Crippen LogP contribution in [0.15, 0.2) is 34.3 Å². The third-order valence-corrected chi connectivity index (χ3v) is 3.95. The van der Waals surface area contributed by atoms with Crippen molar-refractivity contribution in [2.24, 2.45) is 0 Å². The van der Waals surface area contributed by atoms with Crippen LogP contribution in [0, 0.1) is 0 Å². The Bertz CT molecular complexity index is 492. The minimum absolute atomic E-state index is 0.561. The van der Waals surface area contributed by atoms with Crippen LogP contribution in [0.5, 0.6) is 0 Å². The van der Waals surface area contributed by atoms with E-state index in [-0.39, 0.29) is 0 Å². The highest BCUT2D eigenvalue weighted by atomic mass is 35.5. The zero-order valence-electron chi connectivity index (χ0n) is 8.26. The molecular formula is C9H9ClN4S2. The third kappa shape index (κ3) is 2.40. The molecule has 0 aliphatic carbocycles. The summed E-state index contributed by atoms with van der Waals surface area (Å²) in [5.41, 5.74) is 0. The summed E-state index contributed by atoms with van der Waals surface area (Å²) in [5, 5.41) is 11.2. The SMILES string of the molecule is C=C(Cl)CSc1nnc(-c2cccs2)n1N. The quantitative estimate of drug-likeness (QED) is 0.687. The van der Waals surface area contributed by atoms with E-state index >= 15 is 0 Å². The molecule has 0 atom stereocenters. The maximum Gasteiger partial charge on any atom is 0.210 e. The van der Waals surface area contributed by atoms with Crippen LogP contribution in [0.25, 0.3) is 10.7 Å². The largest absolute Gasteiger partial charge is 0.335 e. The molecule has 0 fully saturated rings. The van der Waals surface area contributed by atoms with Gasteiger partial charge in [-0.15, -0.1) is 21.5 Å². The zero-order chi connectivity index (χ0) is 11.5. The Hall–Kier alpha value is -0.980. The summed E-state index contributed by atoms with van der Waals surface area (Å²) in [5.74, 6) is 7.12. The lowest BCUT2D eigenvalue weighted by Gasteiger charge is -2.00. The van der Waals surface area contributed by atoms with Gasteiger partial charge in [0.1, 0.15) is 0 Å². The minimum Gasteiger partial charge on any atom is -0.335 e. The van der Waals surface area contributed by atoms with Crippen molar-refractivity contribution < 1.29 is 0 Å². The van der Waals surface area contributed by atoms with Crippen LogP contribution in [0.2, 0.25) is 0 Å². The van der Waals surface area contributed by atoms with Crippen molar-refractivity contribution in [3.63, 3.8) is 0 Å². The van der Waals surface area contributed by atoms with Gasteiger partial charge in [-0.1, -0.05) is 36.0 Å². The Morgan fingerprint density at radius 1 is 1.62 bits per heavy atom. The van der Waals surface area contributed by atoms with E-state index in [0.717, 1.165) is 4.88 Å². The molecule has 84 valence electrons. The van der Waals surface area contributed by atoms with E-state index in [9.17, 15) is 0 Å². The van der Waals surface area contributed by atoms with Crippen LogP contribution in [-0.2, 0) is 0 Å². The van der Waals surface area contributed by atoms with Gasteiger partial charge >= 0.3 is 0 Å². The number of halogens is 1. The van der Waals surface area contributed by atoms with Crippen LogP contribution < -0.4 is 5.84 Å². The molecule has 7 heteroatoms. The highest BCUT2D eigenvalue weighted by Crippen LogP contribution is 2.25. The molecule has 0 bridgehead atoms. The number of thiophene rings is 1. The summed E-state index contributed by atoms with van der Waals surface area (Å²) in [4.78, 5) is 0.992. The van der Waals surface area contributed by atoms with E-state index in [2.05, 4.69) is 16.8 Å². The summed E-state index contributed by atoms with van der Waals surface area (Å²) >= 11 is 8.66. The van der Waals surface area contributed by atoms with Crippen molar-refractivity contribution in [3.8, 4) is 10.7 Å². The van der Waals surface area contributed by atoms with Gasteiger partial charge in [-0.05, 0) is 11.4 Å². The van der Waals surface area contributed by atoms with E-state index in [4.69, 9.17) is 17.4 Å². The molecule has 0 aromatic carbocycles. The number of aromatic nitrogens is 3. The maximum absolute atomic E-state index is 5.89. The van der Waals surface area contributed by atoms with Crippen LogP contribution in [-0.4, -0.2) is 20.6 Å². The van der Waals surface area contributed by atoms with Gasteiger partial charge < -0.3 is 5.84 Å². The average molecular weight is 273 g/mol. The molecule has 0 aliphatic heterocycles. The molecule has 0 aliphatic rings. The van der Waals surface area contributed by atoms with Crippen LogP contribution in [0.4, 0.5) is 0 Å².